The van der Waals surface area contributed by atoms with Crippen LogP contribution in [-0.4, -0.2) is 5.71 Å². The molecule has 27 heavy (non-hydrogen) atoms. The number of aliphatic imine (C=N–C) groups is 1. The number of halogens is 1. The number of benzene rings is 3. The Morgan fingerprint density at radius 3 is 2.37 bits per heavy atom. The molecule has 1 nitrogen and oxygen atoms in total. The molecule has 3 aromatic carbocycles. The first kappa shape index (κ1) is 17.7. The number of allylic oxidation sites excluding steroid dienone is 1. The summed E-state index contributed by atoms with van der Waals surface area (Å²) >= 11 is 1.61. The molecular weight excluding hydrogens is 353 g/mol. The van der Waals surface area contributed by atoms with Gasteiger partial charge in [-0.3, -0.25) is 0 Å². The Morgan fingerprint density at radius 2 is 1.63 bits per heavy atom. The van der Waals surface area contributed by atoms with Crippen LogP contribution in [0.3, 0.4) is 0 Å². The van der Waals surface area contributed by atoms with Gasteiger partial charge in [0, 0.05) is 16.4 Å². The zero-order valence-corrected chi connectivity index (χ0v) is 16.1. The van der Waals surface area contributed by atoms with Crippen LogP contribution in [0, 0.1) is 12.7 Å². The summed E-state index contributed by atoms with van der Waals surface area (Å²) in [4.78, 5) is 5.99. The summed E-state index contributed by atoms with van der Waals surface area (Å²) in [6.45, 7) is 4.29. The van der Waals surface area contributed by atoms with Crippen molar-refractivity contribution in [2.45, 2.75) is 24.7 Å². The maximum atomic E-state index is 13.2. The van der Waals surface area contributed by atoms with Crippen LogP contribution in [0.1, 0.15) is 29.5 Å². The normalized spacial score (nSPS) is 18.9. The summed E-state index contributed by atoms with van der Waals surface area (Å²) in [7, 11) is 0. The Labute approximate surface area is 163 Å². The van der Waals surface area contributed by atoms with Gasteiger partial charge in [-0.25, -0.2) is 9.38 Å². The van der Waals surface area contributed by atoms with E-state index in [1.165, 1.54) is 34.4 Å². The minimum Gasteiger partial charge on any atom is -0.248 e. The van der Waals surface area contributed by atoms with Gasteiger partial charge in [-0.15, -0.1) is 0 Å². The van der Waals surface area contributed by atoms with E-state index in [0.717, 1.165) is 16.3 Å². The van der Waals surface area contributed by atoms with E-state index in [4.69, 9.17) is 4.99 Å². The molecule has 3 heteroatoms. The predicted octanol–water partition coefficient (Wildman–Crippen LogP) is 7.05. The van der Waals surface area contributed by atoms with Crippen LogP contribution >= 0.6 is 11.8 Å². The highest BCUT2D eigenvalue weighted by atomic mass is 32.2. The average Bonchev–Trinajstić information content (AvgIpc) is 2.95. The van der Waals surface area contributed by atoms with Crippen molar-refractivity contribution in [1.82, 2.24) is 0 Å². The Hall–Kier alpha value is -2.65. The molecule has 1 atom stereocenters. The van der Waals surface area contributed by atoms with Crippen molar-refractivity contribution in [2.24, 2.45) is 4.99 Å². The van der Waals surface area contributed by atoms with Gasteiger partial charge in [-0.2, -0.15) is 0 Å². The lowest BCUT2D eigenvalue weighted by Gasteiger charge is -2.07. The van der Waals surface area contributed by atoms with E-state index in [0.29, 0.717) is 0 Å². The van der Waals surface area contributed by atoms with Crippen LogP contribution < -0.4 is 0 Å². The molecule has 1 aliphatic carbocycles. The smallest absolute Gasteiger partial charge is 0.123 e. The molecule has 4 rings (SSSR count). The van der Waals surface area contributed by atoms with E-state index in [2.05, 4.69) is 67.8 Å². The number of nitrogens with zero attached hydrogens (tertiary/aromatic N) is 1. The van der Waals surface area contributed by atoms with Crippen LogP contribution in [0.4, 0.5) is 10.1 Å². The number of rotatable bonds is 3. The average molecular weight is 373 g/mol. The van der Waals surface area contributed by atoms with Crippen molar-refractivity contribution >= 4 is 23.2 Å². The van der Waals surface area contributed by atoms with E-state index in [-0.39, 0.29) is 11.7 Å². The van der Waals surface area contributed by atoms with Crippen molar-refractivity contribution in [3.63, 3.8) is 0 Å². The molecule has 134 valence electrons. The van der Waals surface area contributed by atoms with Crippen LogP contribution in [0.25, 0.3) is 0 Å². The molecule has 1 aliphatic rings. The van der Waals surface area contributed by atoms with Gasteiger partial charge in [0.05, 0.1) is 11.4 Å². The Morgan fingerprint density at radius 1 is 0.926 bits per heavy atom. The molecule has 3 aromatic rings. The first-order valence-corrected chi connectivity index (χ1v) is 9.87. The fourth-order valence-corrected chi connectivity index (χ4v) is 4.17. The summed E-state index contributed by atoms with van der Waals surface area (Å²) in [5.41, 5.74) is 6.90. The summed E-state index contributed by atoms with van der Waals surface area (Å²) in [5, 5.41) is 2.16. The maximum absolute atomic E-state index is 13.2. The van der Waals surface area contributed by atoms with Crippen LogP contribution in [-0.2, 0) is 0 Å². The van der Waals surface area contributed by atoms with Crippen molar-refractivity contribution in [1.29, 1.82) is 0 Å². The number of fused-ring (bicyclic) bond motifs is 1. The van der Waals surface area contributed by atoms with Gasteiger partial charge in [-0.05, 0) is 59.9 Å². The van der Waals surface area contributed by atoms with Crippen LogP contribution in [0.2, 0.25) is 0 Å². The first-order chi connectivity index (χ1) is 13.1. The van der Waals surface area contributed by atoms with E-state index in [1.807, 2.05) is 0 Å². The van der Waals surface area contributed by atoms with Gasteiger partial charge in [0.2, 0.25) is 0 Å². The van der Waals surface area contributed by atoms with Crippen molar-refractivity contribution in [3.8, 4) is 0 Å². The largest absolute Gasteiger partial charge is 0.248 e. The monoisotopic (exact) mass is 373 g/mol. The fraction of sp³-hybridized carbons (Fsp3) is 0.125. The first-order valence-electron chi connectivity index (χ1n) is 8.99. The van der Waals surface area contributed by atoms with Crippen LogP contribution in [0.15, 0.2) is 93.7 Å². The zero-order valence-electron chi connectivity index (χ0n) is 15.3. The molecule has 0 spiro atoms. The standard InChI is InChI=1S/C24H20FNS/c1-16-7-11-19(12-8-16)26-24-22-6-4-3-5-21(22)17(2)23(24)15-27-20-13-9-18(25)10-14-20/h3-15,17H,1-2H3/b23-15+,26-24+. The second kappa shape index (κ2) is 7.53. The van der Waals surface area contributed by atoms with E-state index < -0.39 is 0 Å². The third-order valence-electron chi connectivity index (χ3n) is 4.83. The zero-order chi connectivity index (χ0) is 18.8. The lowest BCUT2D eigenvalue weighted by atomic mass is 10.0. The topological polar surface area (TPSA) is 12.4 Å². The Balaban J connectivity index is 1.75. The third-order valence-corrected chi connectivity index (χ3v) is 5.75. The van der Waals surface area contributed by atoms with Gasteiger partial charge >= 0.3 is 0 Å². The van der Waals surface area contributed by atoms with Gasteiger partial charge in [-0.1, -0.05) is 60.6 Å². The number of thioether (sulfide) groups is 1. The van der Waals surface area contributed by atoms with Crippen molar-refractivity contribution in [2.75, 3.05) is 0 Å². The predicted molar refractivity (Wildman–Crippen MR) is 113 cm³/mol. The third kappa shape index (κ3) is 3.74. The van der Waals surface area contributed by atoms with E-state index in [1.54, 1.807) is 23.9 Å². The highest BCUT2D eigenvalue weighted by Crippen LogP contribution is 2.40. The molecule has 0 aliphatic heterocycles. The molecule has 0 saturated heterocycles. The van der Waals surface area contributed by atoms with Gasteiger partial charge in [0.25, 0.3) is 0 Å². The molecule has 0 fully saturated rings. The van der Waals surface area contributed by atoms with Gasteiger partial charge < -0.3 is 0 Å². The lowest BCUT2D eigenvalue weighted by molar-refractivity contribution is 0.626. The minimum atomic E-state index is -0.213. The van der Waals surface area contributed by atoms with E-state index in [9.17, 15) is 4.39 Å². The van der Waals surface area contributed by atoms with Crippen molar-refractivity contribution < 1.29 is 4.39 Å². The number of hydrogen-bond acceptors (Lipinski definition) is 2. The highest BCUT2D eigenvalue weighted by molar-refractivity contribution is 8.02. The fourth-order valence-electron chi connectivity index (χ4n) is 3.29. The lowest BCUT2D eigenvalue weighted by Crippen LogP contribution is -1.99. The van der Waals surface area contributed by atoms with Crippen LogP contribution in [0.5, 0.6) is 0 Å². The van der Waals surface area contributed by atoms with Gasteiger partial charge in [0.15, 0.2) is 0 Å². The number of aryl methyl sites for hydroxylation is 1. The molecule has 0 amide bonds. The maximum Gasteiger partial charge on any atom is 0.123 e. The molecular formula is C24H20FNS. The van der Waals surface area contributed by atoms with E-state index >= 15 is 0 Å². The van der Waals surface area contributed by atoms with Crippen molar-refractivity contribution in [3.05, 3.63) is 106 Å². The number of hydrogen-bond donors (Lipinski definition) is 0. The molecule has 0 heterocycles. The quantitative estimate of drug-likeness (QED) is 0.448. The second-order valence-electron chi connectivity index (χ2n) is 6.75. The molecule has 0 bridgehead atoms. The van der Waals surface area contributed by atoms with Gasteiger partial charge in [0.1, 0.15) is 5.82 Å². The molecule has 0 aromatic heterocycles. The summed E-state index contributed by atoms with van der Waals surface area (Å²) in [5.74, 6) is 0.0635. The molecule has 0 N–H and O–H groups in total. The Kier molecular flexibility index (Phi) is 4.95. The SMILES string of the molecule is Cc1ccc(/N=C2/C(=C/Sc3ccc(F)cc3)C(C)c3ccccc32)cc1. The second-order valence-corrected chi connectivity index (χ2v) is 7.69. The molecule has 1 unspecified atom stereocenters. The highest BCUT2D eigenvalue weighted by Gasteiger charge is 2.29. The molecule has 0 radical (unpaired) electrons. The Bertz CT molecular complexity index is 1020. The summed E-state index contributed by atoms with van der Waals surface area (Å²) in [6, 6.07) is 23.3. The summed E-state index contributed by atoms with van der Waals surface area (Å²) < 4.78 is 13.2. The minimum absolute atomic E-state index is 0.213. The summed E-state index contributed by atoms with van der Waals surface area (Å²) in [6.07, 6.45) is 0. The molecule has 0 saturated carbocycles.